The maximum absolute atomic E-state index is 12.1. The second-order valence-corrected chi connectivity index (χ2v) is 9.10. The maximum atomic E-state index is 12.1. The summed E-state index contributed by atoms with van der Waals surface area (Å²) in [7, 11) is -3.31. The van der Waals surface area contributed by atoms with Gasteiger partial charge in [-0.2, -0.15) is 0 Å². The highest BCUT2D eigenvalue weighted by molar-refractivity contribution is 7.90. The standard InChI is InChI=1S/C21H21ClN2O4S/c1-14-3-9-18(29(2,26)27)11-19(14)23-13-21(25)24-12-17-8-10-20(28-17)15-4-6-16(22)7-5-15/h3-11,23H,12-13H2,1-2H3,(H,24,25). The fourth-order valence-electron chi connectivity index (χ4n) is 2.69. The van der Waals surface area contributed by atoms with Gasteiger partial charge < -0.3 is 15.1 Å². The van der Waals surface area contributed by atoms with Gasteiger partial charge in [0.2, 0.25) is 5.91 Å². The van der Waals surface area contributed by atoms with Crippen molar-refractivity contribution in [2.24, 2.45) is 0 Å². The minimum atomic E-state index is -3.31. The second kappa shape index (κ2) is 8.71. The summed E-state index contributed by atoms with van der Waals surface area (Å²) in [5, 5.41) is 6.40. The van der Waals surface area contributed by atoms with E-state index >= 15 is 0 Å². The Hall–Kier alpha value is -2.77. The van der Waals surface area contributed by atoms with Crippen molar-refractivity contribution in [3.63, 3.8) is 0 Å². The van der Waals surface area contributed by atoms with Crippen molar-refractivity contribution >= 4 is 33.0 Å². The average molecular weight is 433 g/mol. The first-order chi connectivity index (χ1) is 13.7. The van der Waals surface area contributed by atoms with Gasteiger partial charge in [0.05, 0.1) is 18.0 Å². The topological polar surface area (TPSA) is 88.4 Å². The van der Waals surface area contributed by atoms with Crippen molar-refractivity contribution in [3.05, 3.63) is 70.9 Å². The van der Waals surface area contributed by atoms with Crippen molar-refractivity contribution in [2.45, 2.75) is 18.4 Å². The number of carbonyl (C=O) groups excluding carboxylic acids is 1. The van der Waals surface area contributed by atoms with E-state index in [9.17, 15) is 13.2 Å². The number of hydrogen-bond acceptors (Lipinski definition) is 5. The van der Waals surface area contributed by atoms with Crippen LogP contribution in [0.25, 0.3) is 11.3 Å². The molecule has 0 fully saturated rings. The molecule has 0 radical (unpaired) electrons. The summed E-state index contributed by atoms with van der Waals surface area (Å²) < 4.78 is 29.1. The van der Waals surface area contributed by atoms with E-state index in [1.165, 1.54) is 6.07 Å². The first-order valence-corrected chi connectivity index (χ1v) is 11.2. The first-order valence-electron chi connectivity index (χ1n) is 8.88. The third-order valence-electron chi connectivity index (χ3n) is 4.33. The largest absolute Gasteiger partial charge is 0.459 e. The Morgan fingerprint density at radius 3 is 2.48 bits per heavy atom. The summed E-state index contributed by atoms with van der Waals surface area (Å²) in [4.78, 5) is 12.4. The Bertz CT molecular complexity index is 1120. The monoisotopic (exact) mass is 432 g/mol. The minimum absolute atomic E-state index is 0.0127. The molecule has 0 aliphatic rings. The molecule has 29 heavy (non-hydrogen) atoms. The number of sulfone groups is 1. The van der Waals surface area contributed by atoms with Gasteiger partial charge in [0.25, 0.3) is 0 Å². The fourth-order valence-corrected chi connectivity index (χ4v) is 3.46. The van der Waals surface area contributed by atoms with E-state index in [2.05, 4.69) is 10.6 Å². The number of aryl methyl sites for hydroxylation is 1. The zero-order valence-corrected chi connectivity index (χ0v) is 17.6. The minimum Gasteiger partial charge on any atom is -0.459 e. The second-order valence-electron chi connectivity index (χ2n) is 6.65. The third-order valence-corrected chi connectivity index (χ3v) is 5.69. The molecule has 0 unspecified atom stereocenters. The van der Waals surface area contributed by atoms with Gasteiger partial charge in [-0.25, -0.2) is 8.42 Å². The van der Waals surface area contributed by atoms with Crippen molar-refractivity contribution in [2.75, 3.05) is 18.1 Å². The molecule has 1 aromatic heterocycles. The quantitative estimate of drug-likeness (QED) is 0.588. The zero-order chi connectivity index (χ0) is 21.0. The number of rotatable bonds is 7. The lowest BCUT2D eigenvalue weighted by molar-refractivity contribution is -0.119. The van der Waals surface area contributed by atoms with Crippen LogP contribution < -0.4 is 10.6 Å². The Balaban J connectivity index is 1.55. The van der Waals surface area contributed by atoms with E-state index in [1.807, 2.05) is 25.1 Å². The number of hydrogen-bond donors (Lipinski definition) is 2. The number of benzene rings is 2. The normalized spacial score (nSPS) is 11.3. The molecule has 8 heteroatoms. The van der Waals surface area contributed by atoms with E-state index in [-0.39, 0.29) is 23.9 Å². The van der Waals surface area contributed by atoms with Gasteiger partial charge in [-0.1, -0.05) is 17.7 Å². The SMILES string of the molecule is Cc1ccc(S(C)(=O)=O)cc1NCC(=O)NCc1ccc(-c2ccc(Cl)cc2)o1. The lowest BCUT2D eigenvalue weighted by atomic mass is 10.2. The first kappa shape index (κ1) is 21.0. The van der Waals surface area contributed by atoms with Crippen molar-refractivity contribution in [3.8, 4) is 11.3 Å². The molecule has 1 heterocycles. The van der Waals surface area contributed by atoms with E-state index in [4.69, 9.17) is 16.0 Å². The number of halogens is 1. The van der Waals surface area contributed by atoms with E-state index in [0.29, 0.717) is 22.2 Å². The summed E-state index contributed by atoms with van der Waals surface area (Å²) in [6.07, 6.45) is 1.15. The van der Waals surface area contributed by atoms with Gasteiger partial charge >= 0.3 is 0 Å². The van der Waals surface area contributed by atoms with Gasteiger partial charge in [-0.3, -0.25) is 4.79 Å². The van der Waals surface area contributed by atoms with Crippen LogP contribution in [0.15, 0.2) is 63.9 Å². The molecule has 2 aromatic carbocycles. The number of anilines is 1. The molecule has 0 bridgehead atoms. The molecular formula is C21H21ClN2O4S. The molecule has 0 spiro atoms. The molecule has 0 atom stereocenters. The smallest absolute Gasteiger partial charge is 0.239 e. The maximum Gasteiger partial charge on any atom is 0.239 e. The van der Waals surface area contributed by atoms with Crippen molar-refractivity contribution in [1.29, 1.82) is 0 Å². The van der Waals surface area contributed by atoms with Crippen LogP contribution in [-0.4, -0.2) is 27.1 Å². The van der Waals surface area contributed by atoms with Gasteiger partial charge in [-0.05, 0) is 61.0 Å². The van der Waals surface area contributed by atoms with Crippen molar-refractivity contribution in [1.82, 2.24) is 5.32 Å². The Morgan fingerprint density at radius 1 is 1.07 bits per heavy atom. The van der Waals surface area contributed by atoms with Crippen LogP contribution in [0.4, 0.5) is 5.69 Å². The highest BCUT2D eigenvalue weighted by Crippen LogP contribution is 2.24. The molecule has 0 saturated carbocycles. The predicted molar refractivity (Wildman–Crippen MR) is 114 cm³/mol. The molecule has 0 aliphatic carbocycles. The Morgan fingerprint density at radius 2 is 1.79 bits per heavy atom. The highest BCUT2D eigenvalue weighted by atomic mass is 35.5. The van der Waals surface area contributed by atoms with Gasteiger partial charge in [0.15, 0.2) is 9.84 Å². The lowest BCUT2D eigenvalue weighted by Gasteiger charge is -2.11. The van der Waals surface area contributed by atoms with Crippen LogP contribution in [0.2, 0.25) is 5.02 Å². The molecular weight excluding hydrogens is 412 g/mol. The number of nitrogens with one attached hydrogen (secondary N) is 2. The zero-order valence-electron chi connectivity index (χ0n) is 16.0. The summed E-state index contributed by atoms with van der Waals surface area (Å²) in [6.45, 7) is 2.10. The summed E-state index contributed by atoms with van der Waals surface area (Å²) >= 11 is 5.89. The average Bonchev–Trinajstić information content (AvgIpc) is 3.14. The van der Waals surface area contributed by atoms with E-state index in [1.54, 1.807) is 30.3 Å². The lowest BCUT2D eigenvalue weighted by Crippen LogP contribution is -2.29. The summed E-state index contributed by atoms with van der Waals surface area (Å²) in [5.41, 5.74) is 2.35. The molecule has 1 amide bonds. The van der Waals surface area contributed by atoms with Crippen LogP contribution in [0.1, 0.15) is 11.3 Å². The number of furan rings is 1. The van der Waals surface area contributed by atoms with E-state index in [0.717, 1.165) is 17.4 Å². The van der Waals surface area contributed by atoms with Gasteiger partial charge in [0.1, 0.15) is 11.5 Å². The van der Waals surface area contributed by atoms with Crippen LogP contribution in [-0.2, 0) is 21.2 Å². The van der Waals surface area contributed by atoms with Crippen molar-refractivity contribution < 1.29 is 17.6 Å². The molecule has 0 saturated heterocycles. The molecule has 6 nitrogen and oxygen atoms in total. The molecule has 3 rings (SSSR count). The van der Waals surface area contributed by atoms with Crippen LogP contribution in [0.5, 0.6) is 0 Å². The van der Waals surface area contributed by atoms with Gasteiger partial charge in [0, 0.05) is 22.5 Å². The fraction of sp³-hybridized carbons (Fsp3) is 0.190. The Kier molecular flexibility index (Phi) is 6.30. The van der Waals surface area contributed by atoms with Crippen LogP contribution in [0, 0.1) is 6.92 Å². The number of carbonyl (C=O) groups is 1. The Labute approximate surface area is 174 Å². The summed E-state index contributed by atoms with van der Waals surface area (Å²) in [5.74, 6) is 1.08. The summed E-state index contributed by atoms with van der Waals surface area (Å²) in [6, 6.07) is 15.7. The molecule has 0 aliphatic heterocycles. The molecule has 2 N–H and O–H groups in total. The van der Waals surface area contributed by atoms with E-state index < -0.39 is 9.84 Å². The highest BCUT2D eigenvalue weighted by Gasteiger charge is 2.11. The third kappa shape index (κ3) is 5.62. The molecule has 3 aromatic rings. The van der Waals surface area contributed by atoms with Crippen LogP contribution >= 0.6 is 11.6 Å². The molecule has 152 valence electrons. The van der Waals surface area contributed by atoms with Crippen LogP contribution in [0.3, 0.4) is 0 Å². The van der Waals surface area contributed by atoms with Gasteiger partial charge in [-0.15, -0.1) is 0 Å². The number of amides is 1. The predicted octanol–water partition coefficient (Wildman–Crippen LogP) is 4.04.